The Bertz CT molecular complexity index is 3970. The predicted octanol–water partition coefficient (Wildman–Crippen LogP) is 15.7. The SMILES string of the molecule is [C-]#[N+]c1ccccc1-c1ccc2c(c1)c1ccccc1n2-c1ccc(-c2ccc(C#N)cc2C)cc1-c1ccc(C#N)cc1-n1c2ccccc2c2cc(-c3ccccc3[N+]#[C-])ccc21. The monoisotopic (exact) mass is 826 g/mol. The molecule has 0 radical (unpaired) electrons. The number of rotatable bonds is 6. The summed E-state index contributed by atoms with van der Waals surface area (Å²) in [6, 6.07) is 68.1. The van der Waals surface area contributed by atoms with E-state index in [1.54, 1.807) is 0 Å². The van der Waals surface area contributed by atoms with Crippen LogP contribution in [-0.4, -0.2) is 9.13 Å². The topological polar surface area (TPSA) is 66.2 Å². The zero-order chi connectivity index (χ0) is 44.2. The first kappa shape index (κ1) is 38.5. The molecule has 0 N–H and O–H groups in total. The van der Waals surface area contributed by atoms with Gasteiger partial charge in [0.1, 0.15) is 0 Å². The summed E-state index contributed by atoms with van der Waals surface area (Å²) in [5.41, 5.74) is 16.7. The van der Waals surface area contributed by atoms with Crippen molar-refractivity contribution in [3.05, 3.63) is 228 Å². The molecule has 0 aliphatic heterocycles. The number of para-hydroxylation sites is 4. The van der Waals surface area contributed by atoms with E-state index in [0.29, 0.717) is 22.5 Å². The average molecular weight is 827 g/mol. The number of nitriles is 2. The summed E-state index contributed by atoms with van der Waals surface area (Å²) in [5.74, 6) is 0. The van der Waals surface area contributed by atoms with Gasteiger partial charge in [0.25, 0.3) is 0 Å². The highest BCUT2D eigenvalue weighted by molar-refractivity contribution is 6.13. The van der Waals surface area contributed by atoms with Gasteiger partial charge in [0, 0.05) is 32.7 Å². The van der Waals surface area contributed by atoms with Crippen molar-refractivity contribution in [1.82, 2.24) is 9.13 Å². The van der Waals surface area contributed by atoms with Crippen molar-refractivity contribution in [1.29, 1.82) is 10.5 Å². The van der Waals surface area contributed by atoms with Crippen LogP contribution in [0.5, 0.6) is 0 Å². The van der Waals surface area contributed by atoms with Crippen molar-refractivity contribution < 1.29 is 0 Å². The molecular weight excluding hydrogens is 793 g/mol. The summed E-state index contributed by atoms with van der Waals surface area (Å²) in [7, 11) is 0. The first-order valence-corrected chi connectivity index (χ1v) is 21.2. The molecule has 0 amide bonds. The van der Waals surface area contributed by atoms with E-state index in [1.165, 1.54) is 0 Å². The second-order valence-electron chi connectivity index (χ2n) is 16.1. The minimum absolute atomic E-state index is 0.530. The highest BCUT2D eigenvalue weighted by Crippen LogP contribution is 2.45. The zero-order valence-corrected chi connectivity index (χ0v) is 35.1. The largest absolute Gasteiger partial charge is 0.309 e. The van der Waals surface area contributed by atoms with Crippen LogP contribution in [0.3, 0.4) is 0 Å². The third-order valence-corrected chi connectivity index (χ3v) is 12.6. The molecule has 11 aromatic rings. The van der Waals surface area contributed by atoms with Gasteiger partial charge in [-0.3, -0.25) is 0 Å². The summed E-state index contributed by atoms with van der Waals surface area (Å²) in [5, 5.41) is 24.5. The van der Waals surface area contributed by atoms with Gasteiger partial charge >= 0.3 is 0 Å². The molecule has 2 aromatic heterocycles. The molecule has 0 bridgehead atoms. The van der Waals surface area contributed by atoms with Crippen LogP contribution in [0, 0.1) is 42.7 Å². The van der Waals surface area contributed by atoms with Crippen LogP contribution in [0.15, 0.2) is 188 Å². The van der Waals surface area contributed by atoms with Gasteiger partial charge in [0.05, 0.1) is 69.9 Å². The number of fused-ring (bicyclic) bond motifs is 6. The van der Waals surface area contributed by atoms with Gasteiger partial charge in [-0.25, -0.2) is 9.69 Å². The van der Waals surface area contributed by atoms with Gasteiger partial charge in [-0.1, -0.05) is 115 Å². The maximum absolute atomic E-state index is 10.5. The van der Waals surface area contributed by atoms with Gasteiger partial charge < -0.3 is 9.13 Å². The summed E-state index contributed by atoms with van der Waals surface area (Å²) < 4.78 is 4.59. The number of benzene rings is 9. The van der Waals surface area contributed by atoms with Crippen LogP contribution >= 0.6 is 0 Å². The lowest BCUT2D eigenvalue weighted by Gasteiger charge is -2.20. The summed E-state index contributed by atoms with van der Waals surface area (Å²) in [6.07, 6.45) is 0. The minimum Gasteiger partial charge on any atom is -0.309 e. The zero-order valence-electron chi connectivity index (χ0n) is 35.1. The number of hydrogen-bond donors (Lipinski definition) is 0. The van der Waals surface area contributed by atoms with Crippen molar-refractivity contribution >= 4 is 55.0 Å². The first-order chi connectivity index (χ1) is 32.0. The van der Waals surface area contributed by atoms with Crippen molar-refractivity contribution in [3.63, 3.8) is 0 Å². The van der Waals surface area contributed by atoms with E-state index in [-0.39, 0.29) is 0 Å². The fourth-order valence-corrected chi connectivity index (χ4v) is 9.62. The van der Waals surface area contributed by atoms with Crippen molar-refractivity contribution in [2.45, 2.75) is 6.92 Å². The number of hydrogen-bond acceptors (Lipinski definition) is 2. The molecule has 0 saturated carbocycles. The molecule has 0 aliphatic carbocycles. The first-order valence-electron chi connectivity index (χ1n) is 21.2. The molecule has 0 atom stereocenters. The van der Waals surface area contributed by atoms with E-state index in [9.17, 15) is 10.5 Å². The lowest BCUT2D eigenvalue weighted by atomic mass is 9.92. The molecule has 6 heteroatoms. The van der Waals surface area contributed by atoms with Crippen LogP contribution in [0.25, 0.3) is 109 Å². The number of nitrogens with zero attached hydrogens (tertiary/aromatic N) is 6. The van der Waals surface area contributed by atoms with Gasteiger partial charge in [0.2, 0.25) is 0 Å². The average Bonchev–Trinajstić information content (AvgIpc) is 3.88. The van der Waals surface area contributed by atoms with E-state index >= 15 is 0 Å². The molecule has 0 fully saturated rings. The fraction of sp³-hybridized carbons (Fsp3) is 0.0169. The van der Waals surface area contributed by atoms with Gasteiger partial charge in [-0.05, 0) is 119 Å². The van der Waals surface area contributed by atoms with Gasteiger partial charge in [-0.2, -0.15) is 10.5 Å². The molecule has 65 heavy (non-hydrogen) atoms. The molecular formula is C59H34N6. The summed E-state index contributed by atoms with van der Waals surface area (Å²) in [6.45, 7) is 17.8. The Labute approximate surface area is 375 Å². The third-order valence-electron chi connectivity index (χ3n) is 12.6. The van der Waals surface area contributed by atoms with Crippen molar-refractivity contribution in [2.24, 2.45) is 0 Å². The van der Waals surface area contributed by atoms with Crippen LogP contribution in [0.2, 0.25) is 0 Å². The Kier molecular flexibility index (Phi) is 9.15. The molecule has 2 heterocycles. The predicted molar refractivity (Wildman–Crippen MR) is 264 cm³/mol. The van der Waals surface area contributed by atoms with E-state index < -0.39 is 0 Å². The lowest BCUT2D eigenvalue weighted by molar-refractivity contribution is 1.16. The second kappa shape index (κ2) is 15.5. The van der Waals surface area contributed by atoms with Crippen LogP contribution in [0.1, 0.15) is 16.7 Å². The molecule has 0 aliphatic rings. The molecule has 300 valence electrons. The van der Waals surface area contributed by atoms with Gasteiger partial charge in [0.15, 0.2) is 11.4 Å². The highest BCUT2D eigenvalue weighted by atomic mass is 15.0. The Morgan fingerprint density at radius 2 is 0.846 bits per heavy atom. The number of aromatic nitrogens is 2. The molecule has 11 rings (SSSR count). The normalized spacial score (nSPS) is 11.1. The summed E-state index contributed by atoms with van der Waals surface area (Å²) >= 11 is 0. The molecule has 0 saturated heterocycles. The Morgan fingerprint density at radius 3 is 1.40 bits per heavy atom. The Balaban J connectivity index is 1.22. The quantitative estimate of drug-likeness (QED) is 0.157. The molecule has 6 nitrogen and oxygen atoms in total. The number of aryl methyl sites for hydroxylation is 1. The summed E-state index contributed by atoms with van der Waals surface area (Å²) in [4.78, 5) is 7.67. The lowest BCUT2D eigenvalue weighted by Crippen LogP contribution is -2.03. The molecule has 0 spiro atoms. The molecule has 9 aromatic carbocycles. The van der Waals surface area contributed by atoms with Crippen LogP contribution in [0.4, 0.5) is 11.4 Å². The van der Waals surface area contributed by atoms with E-state index in [0.717, 1.165) is 105 Å². The minimum atomic E-state index is 0.530. The van der Waals surface area contributed by atoms with Crippen LogP contribution in [-0.2, 0) is 0 Å². The van der Waals surface area contributed by atoms with Crippen molar-refractivity contribution in [2.75, 3.05) is 0 Å². The third kappa shape index (κ3) is 6.22. The Morgan fingerprint density at radius 1 is 0.385 bits per heavy atom. The van der Waals surface area contributed by atoms with Crippen LogP contribution < -0.4 is 0 Å². The maximum Gasteiger partial charge on any atom is 0.194 e. The maximum atomic E-state index is 10.5. The molecule has 0 unspecified atom stereocenters. The van der Waals surface area contributed by atoms with Crippen molar-refractivity contribution in [3.8, 4) is 68.0 Å². The highest BCUT2D eigenvalue weighted by Gasteiger charge is 2.23. The van der Waals surface area contributed by atoms with E-state index in [4.69, 9.17) is 13.1 Å². The second-order valence-corrected chi connectivity index (χ2v) is 16.1. The van der Waals surface area contributed by atoms with E-state index in [1.807, 2.05) is 97.9 Å². The van der Waals surface area contributed by atoms with Gasteiger partial charge in [-0.15, -0.1) is 0 Å². The standard InChI is InChI=1S/C59H34N6/c1-37-30-38(35-60)20-25-43(37)40-22-27-57(64-54-18-10-6-14-46(54)49-33-41(23-28-56(49)64)44-12-4-8-16-52(44)62-2)51(32-40)48-26-21-39(36-61)31-59(48)65-55-19-11-7-15-47(55)50-34-42(24-29-58(50)65)45-13-5-9-17-53(45)63-3/h4-34H,1H3. The van der Waals surface area contributed by atoms with E-state index in [2.05, 4.69) is 128 Å². The Hall–Kier alpha value is -9.46. The smallest absolute Gasteiger partial charge is 0.194 e. The fourth-order valence-electron chi connectivity index (χ4n) is 9.62.